The van der Waals surface area contributed by atoms with Gasteiger partial charge in [-0.2, -0.15) is 0 Å². The molecule has 2 aromatic carbocycles. The number of aromatic hydroxyl groups is 1. The minimum Gasteiger partial charge on any atom is -0.508 e. The Kier molecular flexibility index (Phi) is 5.92. The third-order valence-corrected chi connectivity index (χ3v) is 3.52. The summed E-state index contributed by atoms with van der Waals surface area (Å²) in [6, 6.07) is 13.1. The van der Waals surface area contributed by atoms with Gasteiger partial charge in [0.1, 0.15) is 11.6 Å². The summed E-state index contributed by atoms with van der Waals surface area (Å²) in [5, 5.41) is 12.0. The predicted octanol–water partition coefficient (Wildman–Crippen LogP) is 3.68. The quantitative estimate of drug-likeness (QED) is 0.631. The molecule has 0 aliphatic rings. The molecule has 0 aliphatic heterocycles. The average Bonchev–Trinajstić information content (AvgIpc) is 2.54. The van der Waals surface area contributed by atoms with Gasteiger partial charge in [-0.1, -0.05) is 24.3 Å². The van der Waals surface area contributed by atoms with Gasteiger partial charge in [0.05, 0.1) is 0 Å². The Morgan fingerprint density at radius 1 is 1.13 bits per heavy atom. The zero-order chi connectivity index (χ0) is 16.7. The molecule has 0 spiro atoms. The van der Waals surface area contributed by atoms with E-state index in [1.54, 1.807) is 24.3 Å². The summed E-state index contributed by atoms with van der Waals surface area (Å²) >= 11 is 0. The first-order valence-electron chi connectivity index (χ1n) is 7.54. The molecule has 2 rings (SSSR count). The molecule has 2 N–H and O–H groups in total. The van der Waals surface area contributed by atoms with Crippen molar-refractivity contribution in [3.63, 3.8) is 0 Å². The molecule has 0 aliphatic carbocycles. The molecule has 0 bridgehead atoms. The van der Waals surface area contributed by atoms with Gasteiger partial charge in [-0.05, 0) is 60.7 Å². The number of carbonyl (C=O) groups is 1. The molecule has 0 aromatic heterocycles. The van der Waals surface area contributed by atoms with Crippen LogP contribution in [0.15, 0.2) is 54.6 Å². The van der Waals surface area contributed by atoms with Crippen molar-refractivity contribution in [1.29, 1.82) is 0 Å². The van der Waals surface area contributed by atoms with Gasteiger partial charge >= 0.3 is 0 Å². The Labute approximate surface area is 135 Å². The number of hydrogen-bond donors (Lipinski definition) is 2. The van der Waals surface area contributed by atoms with Crippen LogP contribution in [0.25, 0.3) is 5.57 Å². The van der Waals surface area contributed by atoms with Crippen LogP contribution in [0.4, 0.5) is 4.39 Å². The Balaban J connectivity index is 1.77. The Morgan fingerprint density at radius 2 is 1.78 bits per heavy atom. The van der Waals surface area contributed by atoms with E-state index in [9.17, 15) is 14.3 Å². The van der Waals surface area contributed by atoms with Gasteiger partial charge in [0.2, 0.25) is 5.91 Å². The van der Waals surface area contributed by atoms with Crippen LogP contribution < -0.4 is 5.32 Å². The summed E-state index contributed by atoms with van der Waals surface area (Å²) in [7, 11) is 0. The fourth-order valence-electron chi connectivity index (χ4n) is 2.21. The highest BCUT2D eigenvalue weighted by Crippen LogP contribution is 2.14. The van der Waals surface area contributed by atoms with Crippen molar-refractivity contribution < 1.29 is 14.3 Å². The maximum Gasteiger partial charge on any atom is 0.244 e. The number of halogens is 1. The summed E-state index contributed by atoms with van der Waals surface area (Å²) in [5.74, 6) is -0.193. The van der Waals surface area contributed by atoms with Crippen molar-refractivity contribution in [3.8, 4) is 5.75 Å². The van der Waals surface area contributed by atoms with E-state index in [4.69, 9.17) is 0 Å². The Hall–Kier alpha value is -2.62. The van der Waals surface area contributed by atoms with Gasteiger partial charge in [0.25, 0.3) is 0 Å². The molecule has 0 heterocycles. The molecule has 120 valence electrons. The minimum atomic E-state index is -0.291. The number of aryl methyl sites for hydroxylation is 1. The van der Waals surface area contributed by atoms with Crippen LogP contribution in [-0.2, 0) is 11.2 Å². The van der Waals surface area contributed by atoms with Gasteiger partial charge in [0.15, 0.2) is 0 Å². The number of benzene rings is 2. The molecular formula is C19H20FNO2. The molecular weight excluding hydrogens is 293 g/mol. The minimum absolute atomic E-state index is 0.155. The number of amides is 1. The van der Waals surface area contributed by atoms with Gasteiger partial charge in [-0.15, -0.1) is 0 Å². The lowest BCUT2D eigenvalue weighted by Crippen LogP contribution is -2.22. The molecule has 0 saturated heterocycles. The first-order chi connectivity index (χ1) is 11.0. The van der Waals surface area contributed by atoms with E-state index in [0.29, 0.717) is 6.54 Å². The van der Waals surface area contributed by atoms with Crippen LogP contribution >= 0.6 is 0 Å². The van der Waals surface area contributed by atoms with E-state index in [1.165, 1.54) is 18.2 Å². The van der Waals surface area contributed by atoms with E-state index in [2.05, 4.69) is 5.32 Å². The standard InChI is InChI=1S/C19H20FNO2/c1-14(16-6-8-17(20)9-7-16)13-19(23)21-12-2-3-15-4-10-18(22)11-5-15/h4-11,13,22H,2-3,12H2,1H3,(H,21,23)/b14-13-. The normalized spacial score (nSPS) is 11.3. The molecule has 0 saturated carbocycles. The number of allylic oxidation sites excluding steroid dienone is 1. The molecule has 0 atom stereocenters. The van der Waals surface area contributed by atoms with Crippen LogP contribution in [0.2, 0.25) is 0 Å². The Bertz CT molecular complexity index is 676. The summed E-state index contributed by atoms with van der Waals surface area (Å²) in [5.41, 5.74) is 2.74. The summed E-state index contributed by atoms with van der Waals surface area (Å²) in [6.07, 6.45) is 3.18. The largest absolute Gasteiger partial charge is 0.508 e. The summed E-state index contributed by atoms with van der Waals surface area (Å²) < 4.78 is 12.9. The first kappa shape index (κ1) is 16.7. The summed E-state index contributed by atoms with van der Waals surface area (Å²) in [6.45, 7) is 2.40. The second-order valence-electron chi connectivity index (χ2n) is 5.40. The highest BCUT2D eigenvalue weighted by molar-refractivity contribution is 5.94. The zero-order valence-corrected chi connectivity index (χ0v) is 13.1. The van der Waals surface area contributed by atoms with Gasteiger partial charge in [-0.25, -0.2) is 4.39 Å². The number of phenolic OH excluding ortho intramolecular Hbond substituents is 1. The Morgan fingerprint density at radius 3 is 2.43 bits per heavy atom. The van der Waals surface area contributed by atoms with Crippen LogP contribution in [0.5, 0.6) is 5.75 Å². The van der Waals surface area contributed by atoms with E-state index >= 15 is 0 Å². The maximum atomic E-state index is 12.9. The topological polar surface area (TPSA) is 49.3 Å². The third-order valence-electron chi connectivity index (χ3n) is 3.52. The average molecular weight is 313 g/mol. The monoisotopic (exact) mass is 313 g/mol. The van der Waals surface area contributed by atoms with Crippen molar-refractivity contribution in [2.75, 3.05) is 6.54 Å². The molecule has 4 heteroatoms. The number of rotatable bonds is 6. The van der Waals surface area contributed by atoms with Crippen molar-refractivity contribution in [3.05, 3.63) is 71.6 Å². The highest BCUT2D eigenvalue weighted by atomic mass is 19.1. The molecule has 1 amide bonds. The highest BCUT2D eigenvalue weighted by Gasteiger charge is 2.01. The number of phenols is 1. The molecule has 2 aromatic rings. The SMILES string of the molecule is C/C(=C/C(=O)NCCCc1ccc(O)cc1)c1ccc(F)cc1. The fourth-order valence-corrected chi connectivity index (χ4v) is 2.21. The van der Waals surface area contributed by atoms with Crippen molar-refractivity contribution in [1.82, 2.24) is 5.32 Å². The molecule has 0 unspecified atom stereocenters. The fraction of sp³-hybridized carbons (Fsp3) is 0.211. The zero-order valence-electron chi connectivity index (χ0n) is 13.1. The number of hydrogen-bond acceptors (Lipinski definition) is 2. The van der Waals surface area contributed by atoms with E-state index in [-0.39, 0.29) is 17.5 Å². The molecule has 3 nitrogen and oxygen atoms in total. The van der Waals surface area contributed by atoms with Crippen LogP contribution in [0.3, 0.4) is 0 Å². The van der Waals surface area contributed by atoms with Gasteiger partial charge < -0.3 is 10.4 Å². The number of carbonyl (C=O) groups excluding carboxylic acids is 1. The lowest BCUT2D eigenvalue weighted by atomic mass is 10.1. The van der Waals surface area contributed by atoms with Crippen LogP contribution in [0, 0.1) is 5.82 Å². The van der Waals surface area contributed by atoms with E-state index in [0.717, 1.165) is 29.5 Å². The summed E-state index contributed by atoms with van der Waals surface area (Å²) in [4.78, 5) is 11.9. The maximum absolute atomic E-state index is 12.9. The van der Waals surface area contributed by atoms with Gasteiger partial charge in [0, 0.05) is 12.6 Å². The van der Waals surface area contributed by atoms with Crippen molar-refractivity contribution >= 4 is 11.5 Å². The van der Waals surface area contributed by atoms with Crippen molar-refractivity contribution in [2.45, 2.75) is 19.8 Å². The second kappa shape index (κ2) is 8.13. The first-order valence-corrected chi connectivity index (χ1v) is 7.54. The predicted molar refractivity (Wildman–Crippen MR) is 89.5 cm³/mol. The van der Waals surface area contributed by atoms with Gasteiger partial charge in [-0.3, -0.25) is 4.79 Å². The lowest BCUT2D eigenvalue weighted by molar-refractivity contribution is -0.116. The van der Waals surface area contributed by atoms with E-state index in [1.807, 2.05) is 19.1 Å². The van der Waals surface area contributed by atoms with Crippen molar-refractivity contribution in [2.24, 2.45) is 0 Å². The third kappa shape index (κ3) is 5.58. The van der Waals surface area contributed by atoms with Crippen LogP contribution in [-0.4, -0.2) is 17.6 Å². The lowest BCUT2D eigenvalue weighted by Gasteiger charge is -2.05. The second-order valence-corrected chi connectivity index (χ2v) is 5.40. The number of nitrogens with one attached hydrogen (secondary N) is 1. The smallest absolute Gasteiger partial charge is 0.244 e. The molecule has 0 fully saturated rings. The molecule has 0 radical (unpaired) electrons. The molecule has 23 heavy (non-hydrogen) atoms. The van der Waals surface area contributed by atoms with E-state index < -0.39 is 0 Å². The van der Waals surface area contributed by atoms with Crippen LogP contribution in [0.1, 0.15) is 24.5 Å².